The summed E-state index contributed by atoms with van der Waals surface area (Å²) in [6.07, 6.45) is 1.63. The number of aliphatic imine (C=N–C) groups is 1. The first kappa shape index (κ1) is 24.1. The molecule has 0 heterocycles. The van der Waals surface area contributed by atoms with Gasteiger partial charge in [-0.2, -0.15) is 5.10 Å². The summed E-state index contributed by atoms with van der Waals surface area (Å²) in [4.78, 5) is 4.81. The molecular weight excluding hydrogens is 410 g/mol. The molecule has 0 unspecified atom stereocenters. The Morgan fingerprint density at radius 3 is 1.94 bits per heavy atom. The van der Waals surface area contributed by atoms with Gasteiger partial charge in [0.1, 0.15) is 11.5 Å². The fraction of sp³-hybridized carbons (Fsp3) is 0.286. The van der Waals surface area contributed by atoms with E-state index in [2.05, 4.69) is 52.1 Å². The first-order chi connectivity index (χ1) is 15.4. The molecule has 0 aromatic heterocycles. The zero-order valence-corrected chi connectivity index (χ0v) is 20.2. The molecule has 0 bridgehead atoms. The molecule has 5 nitrogen and oxygen atoms in total. The van der Waals surface area contributed by atoms with E-state index in [9.17, 15) is 10.2 Å². The van der Waals surface area contributed by atoms with Crippen LogP contribution in [-0.2, 0) is 10.8 Å². The summed E-state index contributed by atoms with van der Waals surface area (Å²) in [5.41, 5.74) is 6.65. The van der Waals surface area contributed by atoms with Crippen LogP contribution in [0.4, 0.5) is 5.69 Å². The molecule has 0 aliphatic carbocycles. The molecule has 33 heavy (non-hydrogen) atoms. The Balaban J connectivity index is 2.13. The molecule has 0 aliphatic heterocycles. The minimum atomic E-state index is -0.261. The van der Waals surface area contributed by atoms with Gasteiger partial charge < -0.3 is 10.2 Å². The zero-order valence-electron chi connectivity index (χ0n) is 20.2. The highest BCUT2D eigenvalue weighted by Crippen LogP contribution is 2.40. The number of phenolic OH excluding ortho intramolecular Hbond substituents is 2. The number of hydrogen-bond donors (Lipinski definition) is 3. The van der Waals surface area contributed by atoms with Gasteiger partial charge in [0.25, 0.3) is 0 Å². The smallest absolute Gasteiger partial charge is 0.154 e. The third kappa shape index (κ3) is 6.22. The second-order valence-electron chi connectivity index (χ2n) is 10.2. The van der Waals surface area contributed by atoms with E-state index in [-0.39, 0.29) is 16.6 Å². The van der Waals surface area contributed by atoms with E-state index >= 15 is 0 Å². The number of para-hydroxylation sites is 1. The van der Waals surface area contributed by atoms with Crippen molar-refractivity contribution < 1.29 is 10.2 Å². The van der Waals surface area contributed by atoms with Gasteiger partial charge in [0.05, 0.1) is 11.9 Å². The van der Waals surface area contributed by atoms with E-state index in [4.69, 9.17) is 4.99 Å². The Kier molecular flexibility index (Phi) is 6.92. The fourth-order valence-corrected chi connectivity index (χ4v) is 3.47. The van der Waals surface area contributed by atoms with E-state index in [1.54, 1.807) is 24.4 Å². The van der Waals surface area contributed by atoms with Gasteiger partial charge in [0.15, 0.2) is 5.84 Å². The normalized spacial score (nSPS) is 12.8. The van der Waals surface area contributed by atoms with Crippen molar-refractivity contribution in [1.82, 2.24) is 5.43 Å². The van der Waals surface area contributed by atoms with E-state index < -0.39 is 0 Å². The van der Waals surface area contributed by atoms with Crippen LogP contribution in [0.15, 0.2) is 76.8 Å². The Hall–Kier alpha value is -3.60. The van der Waals surface area contributed by atoms with Gasteiger partial charge in [-0.1, -0.05) is 71.9 Å². The number of phenols is 2. The summed E-state index contributed by atoms with van der Waals surface area (Å²) in [5, 5.41) is 25.2. The van der Waals surface area contributed by atoms with Crippen molar-refractivity contribution in [3.8, 4) is 11.5 Å². The highest BCUT2D eigenvalue weighted by atomic mass is 16.3. The van der Waals surface area contributed by atoms with Crippen LogP contribution < -0.4 is 5.43 Å². The number of nitrogens with zero attached hydrogens (tertiary/aromatic N) is 2. The Labute approximate surface area is 196 Å². The molecule has 0 fully saturated rings. The van der Waals surface area contributed by atoms with Crippen LogP contribution in [0.2, 0.25) is 0 Å². The molecular formula is C28H33N3O2. The number of amidine groups is 1. The molecule has 172 valence electrons. The van der Waals surface area contributed by atoms with Crippen LogP contribution in [0.3, 0.4) is 0 Å². The first-order valence-electron chi connectivity index (χ1n) is 11.1. The third-order valence-electron chi connectivity index (χ3n) is 5.25. The van der Waals surface area contributed by atoms with Crippen molar-refractivity contribution in [2.75, 3.05) is 0 Å². The predicted octanol–water partition coefficient (Wildman–Crippen LogP) is 6.39. The van der Waals surface area contributed by atoms with Crippen molar-refractivity contribution >= 4 is 17.7 Å². The summed E-state index contributed by atoms with van der Waals surface area (Å²) in [7, 11) is 0. The molecule has 3 rings (SSSR count). The summed E-state index contributed by atoms with van der Waals surface area (Å²) >= 11 is 0. The highest BCUT2D eigenvalue weighted by Gasteiger charge is 2.27. The lowest BCUT2D eigenvalue weighted by Crippen LogP contribution is -2.23. The average molecular weight is 444 g/mol. The van der Waals surface area contributed by atoms with E-state index in [1.165, 1.54) is 0 Å². The molecule has 3 aromatic rings. The molecule has 5 heteroatoms. The topological polar surface area (TPSA) is 77.2 Å². The minimum Gasteiger partial charge on any atom is -0.508 e. The van der Waals surface area contributed by atoms with Gasteiger partial charge in [-0.3, -0.25) is 5.43 Å². The maximum absolute atomic E-state index is 11.1. The second kappa shape index (κ2) is 9.49. The molecule has 0 amide bonds. The summed E-state index contributed by atoms with van der Waals surface area (Å²) < 4.78 is 0. The van der Waals surface area contributed by atoms with Gasteiger partial charge in [-0.15, -0.1) is 0 Å². The van der Waals surface area contributed by atoms with Crippen molar-refractivity contribution in [2.24, 2.45) is 10.1 Å². The van der Waals surface area contributed by atoms with Crippen LogP contribution in [0.5, 0.6) is 11.5 Å². The lowest BCUT2D eigenvalue weighted by Gasteiger charge is -2.28. The van der Waals surface area contributed by atoms with Crippen LogP contribution in [0.1, 0.15) is 63.8 Å². The van der Waals surface area contributed by atoms with Crippen LogP contribution >= 0.6 is 0 Å². The molecule has 0 atom stereocenters. The zero-order chi connectivity index (χ0) is 24.2. The summed E-state index contributed by atoms with van der Waals surface area (Å²) in [5.74, 6) is 1.06. The van der Waals surface area contributed by atoms with Crippen LogP contribution in [0, 0.1) is 0 Å². The first-order valence-corrected chi connectivity index (χ1v) is 11.1. The highest BCUT2D eigenvalue weighted by molar-refractivity contribution is 6.01. The number of benzene rings is 3. The van der Waals surface area contributed by atoms with Gasteiger partial charge in [-0.25, -0.2) is 4.99 Å². The largest absolute Gasteiger partial charge is 0.508 e. The van der Waals surface area contributed by atoms with Crippen molar-refractivity contribution in [3.05, 3.63) is 89.0 Å². The molecule has 0 saturated heterocycles. The van der Waals surface area contributed by atoms with E-state index in [0.717, 1.165) is 27.9 Å². The standard InChI is InChI=1S/C28H33N3O2/c1-27(2,3)23-16-20(17-24(25(23)33)28(4,5)6)26(30-21-12-8-7-9-13-21)31-29-18-19-11-10-14-22(32)15-19/h7-18,32-33H,1-6H3,(H,30,31)/b29-18+. The number of hydrogen-bond acceptors (Lipinski definition) is 4. The Morgan fingerprint density at radius 1 is 0.788 bits per heavy atom. The van der Waals surface area contributed by atoms with Crippen LogP contribution in [-0.4, -0.2) is 22.3 Å². The van der Waals surface area contributed by atoms with Gasteiger partial charge >= 0.3 is 0 Å². The monoisotopic (exact) mass is 443 g/mol. The van der Waals surface area contributed by atoms with Crippen LogP contribution in [0.25, 0.3) is 0 Å². The maximum Gasteiger partial charge on any atom is 0.154 e. The van der Waals surface area contributed by atoms with E-state index in [1.807, 2.05) is 48.5 Å². The number of nitrogens with one attached hydrogen (secondary N) is 1. The fourth-order valence-electron chi connectivity index (χ4n) is 3.47. The summed E-state index contributed by atoms with van der Waals surface area (Å²) in [6, 6.07) is 20.5. The summed E-state index contributed by atoms with van der Waals surface area (Å²) in [6.45, 7) is 12.5. The van der Waals surface area contributed by atoms with Crippen molar-refractivity contribution in [3.63, 3.8) is 0 Å². The number of aromatic hydroxyl groups is 2. The predicted molar refractivity (Wildman–Crippen MR) is 137 cm³/mol. The molecule has 0 aliphatic rings. The molecule has 3 aromatic carbocycles. The number of hydrazone groups is 1. The van der Waals surface area contributed by atoms with Gasteiger partial charge in [0, 0.05) is 16.7 Å². The lowest BCUT2D eigenvalue weighted by atomic mass is 9.78. The Morgan fingerprint density at radius 2 is 1.39 bits per heavy atom. The molecule has 0 spiro atoms. The SMILES string of the molecule is CC(C)(C)c1cc(C(=Nc2ccccc2)N/N=C/c2cccc(O)c2)cc(C(C)(C)C)c1O. The lowest BCUT2D eigenvalue weighted by molar-refractivity contribution is 0.423. The molecule has 0 radical (unpaired) electrons. The molecule has 3 N–H and O–H groups in total. The van der Waals surface area contributed by atoms with Crippen molar-refractivity contribution in [2.45, 2.75) is 52.4 Å². The maximum atomic E-state index is 11.1. The van der Waals surface area contributed by atoms with Gasteiger partial charge in [0.2, 0.25) is 0 Å². The Bertz CT molecular complexity index is 1130. The van der Waals surface area contributed by atoms with E-state index in [0.29, 0.717) is 11.6 Å². The second-order valence-corrected chi connectivity index (χ2v) is 10.2. The quantitative estimate of drug-likeness (QED) is 0.248. The third-order valence-corrected chi connectivity index (χ3v) is 5.25. The average Bonchev–Trinajstić information content (AvgIpc) is 2.72. The molecule has 0 saturated carbocycles. The number of rotatable bonds is 4. The van der Waals surface area contributed by atoms with Gasteiger partial charge in [-0.05, 0) is 52.8 Å². The van der Waals surface area contributed by atoms with Crippen molar-refractivity contribution in [1.29, 1.82) is 0 Å². The minimum absolute atomic E-state index is 0.181.